The van der Waals surface area contributed by atoms with Crippen molar-refractivity contribution < 1.29 is 0 Å². The monoisotopic (exact) mass is 361 g/mol. The van der Waals surface area contributed by atoms with Crippen LogP contribution in [0.25, 0.3) is 10.9 Å². The molecule has 4 rings (SSSR count). The molecule has 26 heavy (non-hydrogen) atoms. The topological polar surface area (TPSA) is 46.9 Å². The molecule has 0 saturated carbocycles. The van der Waals surface area contributed by atoms with Crippen LogP contribution in [0.1, 0.15) is 5.56 Å². The van der Waals surface area contributed by atoms with Crippen molar-refractivity contribution in [3.8, 4) is 0 Å². The molecule has 0 aliphatic rings. The lowest BCUT2D eigenvalue weighted by Gasteiger charge is -2.15. The molecular weight excluding hydrogens is 346 g/mol. The molecule has 0 spiro atoms. The minimum absolute atomic E-state index is 0.0732. The van der Waals surface area contributed by atoms with Gasteiger partial charge in [-0.1, -0.05) is 54.1 Å². The van der Waals surface area contributed by atoms with Gasteiger partial charge in [0.05, 0.1) is 17.4 Å². The van der Waals surface area contributed by atoms with Gasteiger partial charge in [-0.2, -0.15) is 0 Å². The highest BCUT2D eigenvalue weighted by Crippen LogP contribution is 2.19. The Kier molecular flexibility index (Phi) is 4.42. The summed E-state index contributed by atoms with van der Waals surface area (Å²) in [6, 6.07) is 24.5. The number of halogens is 1. The number of anilines is 2. The van der Waals surface area contributed by atoms with Crippen LogP contribution < -0.4 is 10.9 Å². The number of fused-ring (bicyclic) bond motifs is 1. The van der Waals surface area contributed by atoms with Gasteiger partial charge in [-0.25, -0.2) is 4.98 Å². The number of aromatic nitrogens is 2. The average molecular weight is 362 g/mol. The van der Waals surface area contributed by atoms with Crippen molar-refractivity contribution in [1.82, 2.24) is 9.55 Å². The first-order valence-electron chi connectivity index (χ1n) is 8.27. The van der Waals surface area contributed by atoms with Gasteiger partial charge < -0.3 is 5.32 Å². The van der Waals surface area contributed by atoms with Crippen molar-refractivity contribution in [1.29, 1.82) is 0 Å². The Hall–Kier alpha value is -3.11. The number of hydrogen-bond donors (Lipinski definition) is 1. The molecule has 0 amide bonds. The fraction of sp³-hybridized carbons (Fsp3) is 0.0476. The van der Waals surface area contributed by atoms with Crippen LogP contribution in [0.15, 0.2) is 83.7 Å². The van der Waals surface area contributed by atoms with Gasteiger partial charge >= 0.3 is 0 Å². The Morgan fingerprint density at radius 3 is 2.35 bits per heavy atom. The van der Waals surface area contributed by atoms with Gasteiger partial charge in [0.1, 0.15) is 0 Å². The van der Waals surface area contributed by atoms with Crippen molar-refractivity contribution >= 4 is 34.1 Å². The molecule has 0 radical (unpaired) electrons. The van der Waals surface area contributed by atoms with Gasteiger partial charge in [0, 0.05) is 10.7 Å². The number of nitrogens with one attached hydrogen (secondary N) is 1. The molecule has 4 aromatic rings. The van der Waals surface area contributed by atoms with E-state index in [1.165, 1.54) is 0 Å². The Balaban J connectivity index is 1.84. The van der Waals surface area contributed by atoms with Crippen LogP contribution in [0.5, 0.6) is 0 Å². The maximum Gasteiger partial charge on any atom is 0.263 e. The van der Waals surface area contributed by atoms with Crippen LogP contribution >= 0.6 is 11.6 Å². The van der Waals surface area contributed by atoms with Crippen LogP contribution in [0.3, 0.4) is 0 Å². The van der Waals surface area contributed by atoms with Gasteiger partial charge in [0.2, 0.25) is 5.95 Å². The zero-order valence-electron chi connectivity index (χ0n) is 13.9. The molecule has 0 atom stereocenters. The first kappa shape index (κ1) is 16.4. The summed E-state index contributed by atoms with van der Waals surface area (Å²) in [7, 11) is 0. The maximum absolute atomic E-state index is 13.1. The van der Waals surface area contributed by atoms with E-state index < -0.39 is 0 Å². The molecule has 0 aliphatic carbocycles. The van der Waals surface area contributed by atoms with E-state index in [4.69, 9.17) is 11.6 Å². The van der Waals surface area contributed by atoms with E-state index in [0.29, 0.717) is 28.4 Å². The predicted octanol–water partition coefficient (Wildman–Crippen LogP) is 4.84. The number of benzene rings is 3. The summed E-state index contributed by atoms with van der Waals surface area (Å²) >= 11 is 5.96. The SMILES string of the molecule is O=c1c2ccccc2nc(Nc2ccc(Cl)cc2)n1Cc1ccccc1. The molecule has 3 aromatic carbocycles. The van der Waals surface area contributed by atoms with Crippen LogP contribution in [-0.2, 0) is 6.54 Å². The molecule has 1 N–H and O–H groups in total. The van der Waals surface area contributed by atoms with Crippen LogP contribution in [-0.4, -0.2) is 9.55 Å². The van der Waals surface area contributed by atoms with Crippen LogP contribution in [0, 0.1) is 0 Å². The third-order valence-corrected chi connectivity index (χ3v) is 4.40. The Labute approximate surface area is 155 Å². The number of nitrogens with zero attached hydrogens (tertiary/aromatic N) is 2. The minimum Gasteiger partial charge on any atom is -0.326 e. The molecule has 0 bridgehead atoms. The Bertz CT molecular complexity index is 1110. The summed E-state index contributed by atoms with van der Waals surface area (Å²) in [6.45, 7) is 0.438. The van der Waals surface area contributed by atoms with Crippen LogP contribution in [0.2, 0.25) is 5.02 Å². The summed E-state index contributed by atoms with van der Waals surface area (Å²) in [5.41, 5.74) is 2.44. The summed E-state index contributed by atoms with van der Waals surface area (Å²) < 4.78 is 1.66. The van der Waals surface area contributed by atoms with Crippen molar-refractivity contribution in [2.24, 2.45) is 0 Å². The van der Waals surface area contributed by atoms with Crippen molar-refractivity contribution in [3.05, 3.63) is 99.8 Å². The fourth-order valence-corrected chi connectivity index (χ4v) is 2.96. The predicted molar refractivity (Wildman–Crippen MR) is 106 cm³/mol. The summed E-state index contributed by atoms with van der Waals surface area (Å²) in [5.74, 6) is 0.500. The molecule has 1 heterocycles. The molecule has 0 aliphatic heterocycles. The van der Waals surface area contributed by atoms with Gasteiger partial charge in [-0.15, -0.1) is 0 Å². The van der Waals surface area contributed by atoms with E-state index in [1.54, 1.807) is 22.8 Å². The van der Waals surface area contributed by atoms with E-state index in [9.17, 15) is 4.79 Å². The lowest BCUT2D eigenvalue weighted by Crippen LogP contribution is -2.24. The van der Waals surface area contributed by atoms with E-state index in [0.717, 1.165) is 11.3 Å². The molecule has 0 unspecified atom stereocenters. The third kappa shape index (κ3) is 3.32. The van der Waals surface area contributed by atoms with E-state index in [1.807, 2.05) is 60.7 Å². The van der Waals surface area contributed by atoms with Crippen molar-refractivity contribution in [3.63, 3.8) is 0 Å². The standard InChI is InChI=1S/C21H16ClN3O/c22-16-10-12-17(13-11-16)23-21-24-19-9-5-4-8-18(19)20(26)25(21)14-15-6-2-1-3-7-15/h1-13H,14H2,(H,23,24). The zero-order valence-corrected chi connectivity index (χ0v) is 14.6. The first-order chi connectivity index (χ1) is 12.7. The second kappa shape index (κ2) is 7.02. The smallest absolute Gasteiger partial charge is 0.263 e. The van der Waals surface area contributed by atoms with E-state index in [2.05, 4.69) is 10.3 Å². The Morgan fingerprint density at radius 1 is 0.885 bits per heavy atom. The molecular formula is C21H16ClN3O. The maximum atomic E-state index is 13.1. The normalized spacial score (nSPS) is 10.8. The van der Waals surface area contributed by atoms with E-state index in [-0.39, 0.29) is 5.56 Å². The highest BCUT2D eigenvalue weighted by Gasteiger charge is 2.11. The molecule has 0 fully saturated rings. The number of para-hydroxylation sites is 1. The van der Waals surface area contributed by atoms with Crippen LogP contribution in [0.4, 0.5) is 11.6 Å². The lowest BCUT2D eigenvalue weighted by atomic mass is 10.2. The highest BCUT2D eigenvalue weighted by atomic mass is 35.5. The highest BCUT2D eigenvalue weighted by molar-refractivity contribution is 6.30. The molecule has 128 valence electrons. The lowest BCUT2D eigenvalue weighted by molar-refractivity contribution is 0.761. The number of hydrogen-bond acceptors (Lipinski definition) is 3. The largest absolute Gasteiger partial charge is 0.326 e. The molecule has 0 saturated heterocycles. The molecule has 4 nitrogen and oxygen atoms in total. The third-order valence-electron chi connectivity index (χ3n) is 4.15. The first-order valence-corrected chi connectivity index (χ1v) is 8.64. The van der Waals surface area contributed by atoms with E-state index >= 15 is 0 Å². The second-order valence-corrected chi connectivity index (χ2v) is 6.40. The van der Waals surface area contributed by atoms with Gasteiger partial charge in [0.15, 0.2) is 0 Å². The average Bonchev–Trinajstić information content (AvgIpc) is 2.67. The Morgan fingerprint density at radius 2 is 1.58 bits per heavy atom. The van der Waals surface area contributed by atoms with Gasteiger partial charge in [0.25, 0.3) is 5.56 Å². The minimum atomic E-state index is -0.0732. The molecule has 5 heteroatoms. The number of rotatable bonds is 4. The summed E-state index contributed by atoms with van der Waals surface area (Å²) in [6.07, 6.45) is 0. The van der Waals surface area contributed by atoms with Crippen molar-refractivity contribution in [2.45, 2.75) is 6.54 Å². The zero-order chi connectivity index (χ0) is 17.9. The summed E-state index contributed by atoms with van der Waals surface area (Å²) in [5, 5.41) is 4.50. The fourth-order valence-electron chi connectivity index (χ4n) is 2.84. The van der Waals surface area contributed by atoms with Gasteiger partial charge in [-0.3, -0.25) is 9.36 Å². The second-order valence-electron chi connectivity index (χ2n) is 5.96. The van der Waals surface area contributed by atoms with Gasteiger partial charge in [-0.05, 0) is 42.0 Å². The summed E-state index contributed by atoms with van der Waals surface area (Å²) in [4.78, 5) is 17.7. The van der Waals surface area contributed by atoms with Crippen molar-refractivity contribution in [2.75, 3.05) is 5.32 Å². The molecule has 1 aromatic heterocycles. The quantitative estimate of drug-likeness (QED) is 0.565.